The van der Waals surface area contributed by atoms with E-state index < -0.39 is 0 Å². The third kappa shape index (κ3) is 8.57. The van der Waals surface area contributed by atoms with Crippen LogP contribution in [0.3, 0.4) is 0 Å². The summed E-state index contributed by atoms with van der Waals surface area (Å²) in [4.78, 5) is 2.63. The Morgan fingerprint density at radius 3 is 1.67 bits per heavy atom. The molecule has 3 aliphatic rings. The molecule has 200 valence electrons. The second kappa shape index (κ2) is 16.7. The predicted octanol–water partition coefficient (Wildman–Crippen LogP) is 8.79. The van der Waals surface area contributed by atoms with Gasteiger partial charge in [-0.3, -0.25) is 4.90 Å². The minimum absolute atomic E-state index is 0.330. The lowest BCUT2D eigenvalue weighted by Crippen LogP contribution is -2.42. The molecule has 2 aromatic carbocycles. The largest absolute Gasteiger partial charge is 0.348 e. The maximum absolute atomic E-state index is 6.15. The minimum atomic E-state index is -0.330. The molecule has 0 amide bonds. The van der Waals surface area contributed by atoms with Crippen LogP contribution >= 0.6 is 0 Å². The number of allylic oxidation sites excluding steroid dienone is 1. The molecule has 36 heavy (non-hydrogen) atoms. The summed E-state index contributed by atoms with van der Waals surface area (Å²) in [6, 6.07) is 21.8. The fourth-order valence-corrected chi connectivity index (χ4v) is 5.38. The molecular formula is C33H51NO2. The van der Waals surface area contributed by atoms with Crippen molar-refractivity contribution in [2.24, 2.45) is 5.92 Å². The van der Waals surface area contributed by atoms with Crippen LogP contribution in [0.2, 0.25) is 0 Å². The molecule has 2 aromatic rings. The quantitative estimate of drug-likeness (QED) is 0.375. The Morgan fingerprint density at radius 1 is 0.722 bits per heavy atom. The Kier molecular flexibility index (Phi) is 14.1. The van der Waals surface area contributed by atoms with E-state index in [0.717, 1.165) is 52.1 Å². The van der Waals surface area contributed by atoms with Crippen molar-refractivity contribution in [3.05, 3.63) is 82.9 Å². The third-order valence-electron chi connectivity index (χ3n) is 7.03. The number of hydrogen-bond donors (Lipinski definition) is 0. The highest BCUT2D eigenvalue weighted by Crippen LogP contribution is 2.46. The maximum Gasteiger partial charge on any atom is 0.169 e. The molecule has 1 unspecified atom stereocenters. The average molecular weight is 494 g/mol. The lowest BCUT2D eigenvalue weighted by atomic mass is 9.73. The molecule has 1 atom stereocenters. The summed E-state index contributed by atoms with van der Waals surface area (Å²) in [7, 11) is 0. The summed E-state index contributed by atoms with van der Waals surface area (Å²) < 4.78 is 12.3. The summed E-state index contributed by atoms with van der Waals surface area (Å²) in [5, 5.41) is 0. The van der Waals surface area contributed by atoms with Crippen LogP contribution in [0.1, 0.15) is 91.2 Å². The van der Waals surface area contributed by atoms with Crippen molar-refractivity contribution in [2.45, 2.75) is 98.9 Å². The first-order chi connectivity index (χ1) is 17.8. The van der Waals surface area contributed by atoms with Gasteiger partial charge in [-0.2, -0.15) is 0 Å². The van der Waals surface area contributed by atoms with Crippen LogP contribution in [0.15, 0.2) is 71.8 Å². The first-order valence-corrected chi connectivity index (χ1v) is 14.6. The van der Waals surface area contributed by atoms with Gasteiger partial charge in [0.05, 0.1) is 13.2 Å². The van der Waals surface area contributed by atoms with E-state index in [4.69, 9.17) is 9.47 Å². The first-order valence-electron chi connectivity index (χ1n) is 14.6. The topological polar surface area (TPSA) is 21.7 Å². The van der Waals surface area contributed by atoms with E-state index in [0.29, 0.717) is 5.92 Å². The molecule has 0 aromatic heterocycles. The van der Waals surface area contributed by atoms with Crippen molar-refractivity contribution in [1.29, 1.82) is 0 Å². The second-order valence-corrected chi connectivity index (χ2v) is 9.13. The lowest BCUT2D eigenvalue weighted by molar-refractivity contribution is -0.181. The molecule has 0 radical (unpaired) electrons. The van der Waals surface area contributed by atoms with Crippen molar-refractivity contribution in [2.75, 3.05) is 19.8 Å². The van der Waals surface area contributed by atoms with Gasteiger partial charge in [0.15, 0.2) is 5.79 Å². The molecule has 1 aliphatic heterocycles. The van der Waals surface area contributed by atoms with Gasteiger partial charge in [-0.1, -0.05) is 113 Å². The van der Waals surface area contributed by atoms with Crippen LogP contribution in [0.4, 0.5) is 0 Å². The number of nitrogens with zero attached hydrogens (tertiary/aromatic N) is 1. The van der Waals surface area contributed by atoms with Gasteiger partial charge < -0.3 is 9.47 Å². The van der Waals surface area contributed by atoms with E-state index in [1.807, 2.05) is 41.5 Å². The molecule has 3 nitrogen and oxygen atoms in total. The third-order valence-corrected chi connectivity index (χ3v) is 7.03. The van der Waals surface area contributed by atoms with Gasteiger partial charge in [0.2, 0.25) is 0 Å². The molecule has 1 spiro atoms. The van der Waals surface area contributed by atoms with Crippen LogP contribution in [0, 0.1) is 5.92 Å². The highest BCUT2D eigenvalue weighted by molar-refractivity contribution is 5.25. The molecule has 0 N–H and O–H groups in total. The van der Waals surface area contributed by atoms with Gasteiger partial charge in [0.25, 0.3) is 0 Å². The molecular weight excluding hydrogens is 442 g/mol. The highest BCUT2D eigenvalue weighted by Gasteiger charge is 2.44. The Labute approximate surface area is 221 Å². The molecule has 3 fully saturated rings. The molecule has 5 rings (SSSR count). The van der Waals surface area contributed by atoms with Crippen LogP contribution in [0.5, 0.6) is 0 Å². The van der Waals surface area contributed by atoms with Crippen LogP contribution in [-0.4, -0.2) is 30.4 Å². The number of benzene rings is 2. The summed E-state index contributed by atoms with van der Waals surface area (Å²) in [6.07, 6.45) is 7.15. The number of rotatable bonds is 6. The van der Waals surface area contributed by atoms with Gasteiger partial charge in [0.1, 0.15) is 0 Å². The Hall–Kier alpha value is -1.94. The predicted molar refractivity (Wildman–Crippen MR) is 154 cm³/mol. The standard InChI is InChI=1S/C27H33NO2.3C2H6/c1-3-8-22(9-4-1)19-28(20-23-10-5-2-6-11-23)21-25-18-27(29-16-17-30-27)15-14-26(25)24-12-7-13-24;3*1-2/h1-6,8-11,25H,7,12-21H2;3*1-2H3. The monoisotopic (exact) mass is 493 g/mol. The summed E-state index contributed by atoms with van der Waals surface area (Å²) in [5.74, 6) is 0.198. The van der Waals surface area contributed by atoms with E-state index in [2.05, 4.69) is 65.6 Å². The average Bonchev–Trinajstić information content (AvgIpc) is 3.37. The Morgan fingerprint density at radius 2 is 1.22 bits per heavy atom. The van der Waals surface area contributed by atoms with Crippen LogP contribution in [0.25, 0.3) is 0 Å². The lowest BCUT2D eigenvalue weighted by Gasteiger charge is -2.42. The van der Waals surface area contributed by atoms with Gasteiger partial charge in [-0.15, -0.1) is 0 Å². The highest BCUT2D eigenvalue weighted by atomic mass is 16.7. The maximum atomic E-state index is 6.15. The van der Waals surface area contributed by atoms with E-state index in [9.17, 15) is 0 Å². The molecule has 3 heteroatoms. The molecule has 2 saturated carbocycles. The minimum Gasteiger partial charge on any atom is -0.348 e. The van der Waals surface area contributed by atoms with Crippen molar-refractivity contribution in [3.8, 4) is 0 Å². The van der Waals surface area contributed by atoms with Crippen molar-refractivity contribution >= 4 is 0 Å². The molecule has 2 aliphatic carbocycles. The Bertz CT molecular complexity index is 808. The summed E-state index contributed by atoms with van der Waals surface area (Å²) in [6.45, 7) is 16.5. The van der Waals surface area contributed by atoms with Gasteiger partial charge in [-0.05, 0) is 42.7 Å². The van der Waals surface area contributed by atoms with Gasteiger partial charge >= 0.3 is 0 Å². The van der Waals surface area contributed by atoms with Crippen molar-refractivity contribution < 1.29 is 9.47 Å². The molecule has 0 bridgehead atoms. The van der Waals surface area contributed by atoms with E-state index in [1.54, 1.807) is 11.1 Å². The van der Waals surface area contributed by atoms with E-state index >= 15 is 0 Å². The summed E-state index contributed by atoms with van der Waals surface area (Å²) >= 11 is 0. The van der Waals surface area contributed by atoms with Gasteiger partial charge in [0, 0.05) is 32.5 Å². The second-order valence-electron chi connectivity index (χ2n) is 9.13. The normalized spacial score (nSPS) is 19.8. The fraction of sp³-hybridized carbons (Fsp3) is 0.576. The zero-order valence-corrected chi connectivity index (χ0v) is 23.9. The van der Waals surface area contributed by atoms with E-state index in [-0.39, 0.29) is 5.79 Å². The van der Waals surface area contributed by atoms with Crippen LogP contribution < -0.4 is 0 Å². The number of hydrogen-bond acceptors (Lipinski definition) is 3. The number of ether oxygens (including phenoxy) is 2. The zero-order valence-electron chi connectivity index (χ0n) is 23.9. The zero-order chi connectivity index (χ0) is 26.2. The smallest absolute Gasteiger partial charge is 0.169 e. The molecule has 1 saturated heterocycles. The van der Waals surface area contributed by atoms with Gasteiger partial charge in [-0.25, -0.2) is 0 Å². The van der Waals surface area contributed by atoms with E-state index in [1.165, 1.54) is 30.4 Å². The molecule has 1 heterocycles. The summed E-state index contributed by atoms with van der Waals surface area (Å²) in [5.41, 5.74) is 6.21. The SMILES string of the molecule is CC.CC.CC.c1ccc(CN(Cc2ccccc2)CC2CC3(CCC2=C2CCC2)OCCO3)cc1. The Balaban J connectivity index is 0.000000710. The van der Waals surface area contributed by atoms with Crippen molar-refractivity contribution in [3.63, 3.8) is 0 Å². The van der Waals surface area contributed by atoms with Crippen molar-refractivity contribution in [1.82, 2.24) is 4.90 Å². The fourth-order valence-electron chi connectivity index (χ4n) is 5.38. The first kappa shape index (κ1) is 30.3. The van der Waals surface area contributed by atoms with Crippen LogP contribution in [-0.2, 0) is 22.6 Å².